The molecule has 3 N–H and O–H groups in total. The lowest BCUT2D eigenvalue weighted by atomic mass is 10.0. The van der Waals surface area contributed by atoms with Gasteiger partial charge in [-0.1, -0.05) is 6.92 Å². The summed E-state index contributed by atoms with van der Waals surface area (Å²) in [6.45, 7) is 5.01. The first-order chi connectivity index (χ1) is 7.35. The molecule has 0 aliphatic carbocycles. The van der Waals surface area contributed by atoms with Crippen LogP contribution in [0.2, 0.25) is 0 Å². The smallest absolute Gasteiger partial charge is 0.330 e. The van der Waals surface area contributed by atoms with E-state index in [-0.39, 0.29) is 0 Å². The zero-order valence-corrected chi connectivity index (χ0v) is 10.1. The molecule has 0 radical (unpaired) electrons. The number of rotatable bonds is 8. The maximum Gasteiger partial charge on any atom is 0.390 e. The number of hydrogen-bond acceptors (Lipinski definition) is 2. The molecule has 98 valence electrons. The molecule has 0 saturated heterocycles. The zero-order chi connectivity index (χ0) is 12.6. The lowest BCUT2D eigenvalue weighted by Gasteiger charge is -2.16. The number of nitrogens with one attached hydrogen (secondary N) is 1. The molecule has 5 heteroatoms. The molecule has 0 spiro atoms. The van der Waals surface area contributed by atoms with Gasteiger partial charge in [0.15, 0.2) is 0 Å². The summed E-state index contributed by atoms with van der Waals surface area (Å²) in [7, 11) is 0. The minimum Gasteiger partial charge on any atom is -0.330 e. The molecule has 0 saturated carbocycles. The molecule has 0 heterocycles. The molecule has 0 amide bonds. The molecule has 0 bridgehead atoms. The Labute approximate surface area is 95.8 Å². The molecule has 0 aromatic rings. The number of alkyl halides is 3. The van der Waals surface area contributed by atoms with Gasteiger partial charge in [-0.25, -0.2) is 0 Å². The molecule has 0 aliphatic heterocycles. The van der Waals surface area contributed by atoms with E-state index in [1.807, 2.05) is 0 Å². The standard InChI is InChI=1S/C11H23F3N2/c1-9(5-6-15)4-3-7-16-10(2)8-11(12,13)14/h9-10,16H,3-8,15H2,1-2H3. The second kappa shape index (κ2) is 7.90. The molecule has 0 aromatic heterocycles. The minimum atomic E-state index is -4.07. The Morgan fingerprint density at radius 2 is 1.81 bits per heavy atom. The predicted octanol–water partition coefficient (Wildman–Crippen LogP) is 2.68. The van der Waals surface area contributed by atoms with Crippen molar-refractivity contribution in [2.24, 2.45) is 11.7 Å². The molecule has 2 nitrogen and oxygen atoms in total. The van der Waals surface area contributed by atoms with Gasteiger partial charge in [0, 0.05) is 6.04 Å². The van der Waals surface area contributed by atoms with E-state index >= 15 is 0 Å². The quantitative estimate of drug-likeness (QED) is 0.640. The molecule has 16 heavy (non-hydrogen) atoms. The second-order valence-corrected chi connectivity index (χ2v) is 4.50. The van der Waals surface area contributed by atoms with Gasteiger partial charge in [-0.15, -0.1) is 0 Å². The fourth-order valence-electron chi connectivity index (χ4n) is 1.65. The van der Waals surface area contributed by atoms with Crippen molar-refractivity contribution < 1.29 is 13.2 Å². The van der Waals surface area contributed by atoms with Crippen LogP contribution in [0.15, 0.2) is 0 Å². The van der Waals surface area contributed by atoms with Crippen molar-refractivity contribution in [2.45, 2.75) is 51.7 Å². The van der Waals surface area contributed by atoms with Gasteiger partial charge in [-0.3, -0.25) is 0 Å². The van der Waals surface area contributed by atoms with E-state index < -0.39 is 18.6 Å². The molecular formula is C11H23F3N2. The predicted molar refractivity (Wildman–Crippen MR) is 60.2 cm³/mol. The highest BCUT2D eigenvalue weighted by Gasteiger charge is 2.29. The van der Waals surface area contributed by atoms with Gasteiger partial charge in [0.2, 0.25) is 0 Å². The Balaban J connectivity index is 3.44. The van der Waals surface area contributed by atoms with E-state index in [2.05, 4.69) is 12.2 Å². The van der Waals surface area contributed by atoms with E-state index in [1.165, 1.54) is 0 Å². The number of halogens is 3. The lowest BCUT2D eigenvalue weighted by Crippen LogP contribution is -2.32. The lowest BCUT2D eigenvalue weighted by molar-refractivity contribution is -0.139. The van der Waals surface area contributed by atoms with Crippen LogP contribution in [-0.4, -0.2) is 25.3 Å². The zero-order valence-electron chi connectivity index (χ0n) is 10.1. The van der Waals surface area contributed by atoms with E-state index in [0.29, 0.717) is 19.0 Å². The van der Waals surface area contributed by atoms with E-state index in [1.54, 1.807) is 6.92 Å². The van der Waals surface area contributed by atoms with Crippen LogP contribution < -0.4 is 11.1 Å². The van der Waals surface area contributed by atoms with E-state index in [9.17, 15) is 13.2 Å². The van der Waals surface area contributed by atoms with Crippen molar-refractivity contribution in [3.63, 3.8) is 0 Å². The summed E-state index contributed by atoms with van der Waals surface area (Å²) < 4.78 is 36.0. The van der Waals surface area contributed by atoms with E-state index in [0.717, 1.165) is 19.3 Å². The first kappa shape index (κ1) is 15.7. The van der Waals surface area contributed by atoms with Crippen molar-refractivity contribution >= 4 is 0 Å². The topological polar surface area (TPSA) is 38.0 Å². The SMILES string of the molecule is CC(CCN)CCCNC(C)CC(F)(F)F. The van der Waals surface area contributed by atoms with Gasteiger partial charge < -0.3 is 11.1 Å². The van der Waals surface area contributed by atoms with Crippen LogP contribution in [0.1, 0.15) is 39.5 Å². The Hall–Kier alpha value is -0.290. The third-order valence-corrected chi connectivity index (χ3v) is 2.56. The molecule has 0 aliphatic rings. The van der Waals surface area contributed by atoms with E-state index in [4.69, 9.17) is 5.73 Å². The second-order valence-electron chi connectivity index (χ2n) is 4.50. The Bertz CT molecular complexity index is 171. The van der Waals surface area contributed by atoms with Crippen LogP contribution in [0, 0.1) is 5.92 Å². The Morgan fingerprint density at radius 1 is 1.19 bits per heavy atom. The third-order valence-electron chi connectivity index (χ3n) is 2.56. The maximum atomic E-state index is 12.0. The molecule has 2 unspecified atom stereocenters. The molecule has 0 rings (SSSR count). The van der Waals surface area contributed by atoms with Crippen molar-refractivity contribution in [1.29, 1.82) is 0 Å². The van der Waals surface area contributed by atoms with Gasteiger partial charge >= 0.3 is 6.18 Å². The third kappa shape index (κ3) is 10.2. The van der Waals surface area contributed by atoms with Crippen molar-refractivity contribution in [3.8, 4) is 0 Å². The summed E-state index contributed by atoms with van der Waals surface area (Å²) in [5, 5.41) is 2.89. The Kier molecular flexibility index (Phi) is 7.76. The molecule has 0 fully saturated rings. The molecular weight excluding hydrogens is 217 g/mol. The average Bonchev–Trinajstić information content (AvgIpc) is 2.10. The van der Waals surface area contributed by atoms with Crippen LogP contribution in [0.5, 0.6) is 0 Å². The van der Waals surface area contributed by atoms with Crippen LogP contribution in [-0.2, 0) is 0 Å². The molecule has 0 aromatic carbocycles. The highest BCUT2D eigenvalue weighted by atomic mass is 19.4. The van der Waals surface area contributed by atoms with Crippen molar-refractivity contribution in [2.75, 3.05) is 13.1 Å². The van der Waals surface area contributed by atoms with Crippen LogP contribution in [0.4, 0.5) is 13.2 Å². The highest BCUT2D eigenvalue weighted by Crippen LogP contribution is 2.21. The number of nitrogens with two attached hydrogens (primary N) is 1. The van der Waals surface area contributed by atoms with Crippen LogP contribution in [0.3, 0.4) is 0 Å². The van der Waals surface area contributed by atoms with Crippen LogP contribution in [0.25, 0.3) is 0 Å². The maximum absolute atomic E-state index is 12.0. The van der Waals surface area contributed by atoms with Gasteiger partial charge in [0.05, 0.1) is 6.42 Å². The largest absolute Gasteiger partial charge is 0.390 e. The van der Waals surface area contributed by atoms with Gasteiger partial charge in [-0.05, 0) is 45.2 Å². The monoisotopic (exact) mass is 240 g/mol. The van der Waals surface area contributed by atoms with Gasteiger partial charge in [0.1, 0.15) is 0 Å². The summed E-state index contributed by atoms with van der Waals surface area (Å²) in [4.78, 5) is 0. The summed E-state index contributed by atoms with van der Waals surface area (Å²) in [5.74, 6) is 0.560. The fourth-order valence-corrected chi connectivity index (χ4v) is 1.65. The number of hydrogen-bond donors (Lipinski definition) is 2. The highest BCUT2D eigenvalue weighted by molar-refractivity contribution is 4.66. The van der Waals surface area contributed by atoms with Gasteiger partial charge in [0.25, 0.3) is 0 Å². The minimum absolute atomic E-state index is 0.496. The average molecular weight is 240 g/mol. The summed E-state index contributed by atoms with van der Waals surface area (Å²) in [6, 6.07) is -0.496. The summed E-state index contributed by atoms with van der Waals surface area (Å²) in [5.41, 5.74) is 5.41. The van der Waals surface area contributed by atoms with Crippen molar-refractivity contribution in [3.05, 3.63) is 0 Å². The normalized spacial score (nSPS) is 16.1. The molecule has 2 atom stereocenters. The fraction of sp³-hybridized carbons (Fsp3) is 1.00. The van der Waals surface area contributed by atoms with Crippen LogP contribution >= 0.6 is 0 Å². The summed E-state index contributed by atoms with van der Waals surface area (Å²) >= 11 is 0. The summed E-state index contributed by atoms with van der Waals surface area (Å²) in [6.07, 6.45) is -1.92. The van der Waals surface area contributed by atoms with Crippen molar-refractivity contribution in [1.82, 2.24) is 5.32 Å². The van der Waals surface area contributed by atoms with Gasteiger partial charge in [-0.2, -0.15) is 13.2 Å². The first-order valence-electron chi connectivity index (χ1n) is 5.85. The Morgan fingerprint density at radius 3 is 2.31 bits per heavy atom. The first-order valence-corrected chi connectivity index (χ1v) is 5.85.